The normalized spacial score (nSPS) is 11.2. The van der Waals surface area contributed by atoms with Crippen molar-refractivity contribution in [2.45, 2.75) is 106 Å². The summed E-state index contributed by atoms with van der Waals surface area (Å²) in [7, 11) is 3.21. The summed E-state index contributed by atoms with van der Waals surface area (Å²) >= 11 is 12.0. The van der Waals surface area contributed by atoms with Gasteiger partial charge in [0, 0.05) is 45.2 Å². The number of hydrogen-bond donors (Lipinski definition) is 4. The Bertz CT molecular complexity index is 3000. The van der Waals surface area contributed by atoms with Crippen molar-refractivity contribution in [3.63, 3.8) is 0 Å². The van der Waals surface area contributed by atoms with Crippen molar-refractivity contribution < 1.29 is 48.1 Å². The van der Waals surface area contributed by atoms with Crippen molar-refractivity contribution in [1.82, 2.24) is 14.5 Å². The fourth-order valence-electron chi connectivity index (χ4n) is 7.13. The zero-order chi connectivity index (χ0) is 59.2. The van der Waals surface area contributed by atoms with Gasteiger partial charge in [0.1, 0.15) is 41.6 Å². The van der Waals surface area contributed by atoms with Crippen molar-refractivity contribution in [1.29, 1.82) is 0 Å². The molecular weight excluding hydrogens is 1050 g/mol. The Morgan fingerprint density at radius 3 is 1.46 bits per heavy atom. The number of hydrogen-bond acceptors (Lipinski definition) is 13. The summed E-state index contributed by atoms with van der Waals surface area (Å²) in [4.78, 5) is 106. The highest BCUT2D eigenvalue weighted by atomic mass is 35.5. The van der Waals surface area contributed by atoms with Crippen molar-refractivity contribution in [2.75, 3.05) is 31.3 Å². The second-order valence-corrected chi connectivity index (χ2v) is 18.5. The van der Waals surface area contributed by atoms with E-state index in [9.17, 15) is 43.2 Å². The van der Waals surface area contributed by atoms with E-state index in [0.29, 0.717) is 35.8 Å². The molecular formula is C60H71Cl2N5O12. The average molecular weight is 1130 g/mol. The molecule has 0 aliphatic heterocycles. The minimum atomic E-state index is -1.26. The number of carboxylic acids is 1. The first kappa shape index (κ1) is 67.0. The van der Waals surface area contributed by atoms with Crippen LogP contribution in [-0.4, -0.2) is 82.1 Å². The van der Waals surface area contributed by atoms with Crippen molar-refractivity contribution in [3.05, 3.63) is 198 Å². The van der Waals surface area contributed by atoms with Crippen LogP contribution < -0.4 is 27.1 Å². The standard InChI is InChI=1S/C23H25Cl2N3O6.C10H14N2O3.C10H12O.C9H10O2.C8H10/c1-12-8-9-17(26-4)22(32)28(12)14(3)21(31)27-18(10-13(2)29)19(30)11-34-23(33)20-15(24)6-5-7-16(20)25;1-6-4-5-8(11-3)9(13)12(6)7(2)10(14)15;1-9(11)7-8-10-5-3-2-4-6-10;1-8(10)11-7-9-5-3-2-4-6-9;1-2-8-6-4-3-5-7-8/h5-9,14,18,26H,10-11H2,1-4H3,(H,27,31);4-5,7,11H,1-3H3,(H,14,15);2-6H,7-8H2,1H3;2-6H,7H2,1H3;3-7H,2H2,1H3/t14?,18-;;;;/m0..../s1. The van der Waals surface area contributed by atoms with Gasteiger partial charge in [-0.1, -0.05) is 127 Å². The summed E-state index contributed by atoms with van der Waals surface area (Å²) in [6.45, 7) is 12.5. The van der Waals surface area contributed by atoms with Crippen LogP contribution in [0.4, 0.5) is 11.4 Å². The lowest BCUT2D eigenvalue weighted by Crippen LogP contribution is -2.47. The Labute approximate surface area is 471 Å². The second kappa shape index (κ2) is 35.3. The van der Waals surface area contributed by atoms with Gasteiger partial charge in [0.15, 0.2) is 12.4 Å². The number of esters is 2. The number of halogens is 2. The molecule has 79 heavy (non-hydrogen) atoms. The van der Waals surface area contributed by atoms with Gasteiger partial charge in [-0.15, -0.1) is 0 Å². The smallest absolute Gasteiger partial charge is 0.341 e. The molecule has 3 atom stereocenters. The number of benzene rings is 4. The molecule has 2 aromatic heterocycles. The fourth-order valence-corrected chi connectivity index (χ4v) is 7.68. The zero-order valence-corrected chi connectivity index (χ0v) is 47.8. The van der Waals surface area contributed by atoms with Crippen LogP contribution in [0.3, 0.4) is 0 Å². The Hall–Kier alpha value is -8.15. The first-order chi connectivity index (χ1) is 37.5. The topological polar surface area (TPSA) is 238 Å². The van der Waals surface area contributed by atoms with E-state index in [1.165, 1.54) is 60.1 Å². The third-order valence-electron chi connectivity index (χ3n) is 11.5. The molecule has 0 saturated heterocycles. The van der Waals surface area contributed by atoms with Crippen LogP contribution in [0.25, 0.3) is 0 Å². The maximum atomic E-state index is 12.9. The monoisotopic (exact) mass is 1120 g/mol. The number of aliphatic carboxylic acids is 1. The number of ether oxygens (including phenoxy) is 2. The fraction of sp³-hybridized carbons (Fsp3) is 0.317. The molecule has 0 bridgehead atoms. The predicted molar refractivity (Wildman–Crippen MR) is 309 cm³/mol. The van der Waals surface area contributed by atoms with Crippen LogP contribution in [0, 0.1) is 13.8 Å². The van der Waals surface area contributed by atoms with Crippen molar-refractivity contribution in [3.8, 4) is 0 Å². The molecule has 422 valence electrons. The molecule has 19 heteroatoms. The Morgan fingerprint density at radius 2 is 1.05 bits per heavy atom. The predicted octanol–water partition coefficient (Wildman–Crippen LogP) is 10.0. The van der Waals surface area contributed by atoms with Gasteiger partial charge in [0.25, 0.3) is 11.1 Å². The summed E-state index contributed by atoms with van der Waals surface area (Å²) in [5.74, 6) is -3.65. The first-order valence-corrected chi connectivity index (χ1v) is 25.9. The number of aromatic nitrogens is 2. The molecule has 0 saturated carbocycles. The lowest BCUT2D eigenvalue weighted by Gasteiger charge is -2.22. The average Bonchev–Trinajstić information content (AvgIpc) is 3.44. The van der Waals surface area contributed by atoms with E-state index in [2.05, 4.69) is 47.1 Å². The molecule has 0 aliphatic carbocycles. The van der Waals surface area contributed by atoms with Gasteiger partial charge < -0.3 is 35.3 Å². The zero-order valence-electron chi connectivity index (χ0n) is 46.3. The van der Waals surface area contributed by atoms with Gasteiger partial charge in [-0.2, -0.15) is 0 Å². The SMILES string of the molecule is CC(=O)CCc1ccccc1.CC(=O)OCc1ccccc1.CCc1ccccc1.CNc1ccc(C)n(C(C)C(=O)N[C@@H](CC(C)=O)C(=O)COC(=O)c2c(Cl)cccc2Cl)c1=O.CNc1ccc(C)n(C(C)C(=O)O)c1=O. The number of nitrogens with one attached hydrogen (secondary N) is 3. The van der Waals surface area contributed by atoms with Gasteiger partial charge in [-0.25, -0.2) is 9.59 Å². The Morgan fingerprint density at radius 1 is 0.595 bits per heavy atom. The molecule has 4 N–H and O–H groups in total. The Balaban J connectivity index is 0.000000386. The van der Waals surface area contributed by atoms with E-state index in [-0.39, 0.29) is 45.1 Å². The van der Waals surface area contributed by atoms with Crippen LogP contribution >= 0.6 is 23.2 Å². The van der Waals surface area contributed by atoms with Crippen molar-refractivity contribution in [2.24, 2.45) is 0 Å². The summed E-state index contributed by atoms with van der Waals surface area (Å²) in [5.41, 5.74) is 4.70. The number of Topliss-reactive ketones (excluding diaryl/α,β-unsaturated/α-hetero) is 3. The number of pyridine rings is 2. The number of ketones is 3. The molecule has 4 aromatic carbocycles. The molecule has 0 radical (unpaired) electrons. The summed E-state index contributed by atoms with van der Waals surface area (Å²) < 4.78 is 12.3. The van der Waals surface area contributed by atoms with E-state index in [1.807, 2.05) is 66.7 Å². The first-order valence-electron chi connectivity index (χ1n) is 25.2. The summed E-state index contributed by atoms with van der Waals surface area (Å²) in [5, 5.41) is 17.0. The molecule has 0 spiro atoms. The summed E-state index contributed by atoms with van der Waals surface area (Å²) in [6.07, 6.45) is 2.35. The highest BCUT2D eigenvalue weighted by Crippen LogP contribution is 2.25. The minimum absolute atomic E-state index is 0.0528. The molecule has 0 aliphatic rings. The van der Waals surface area contributed by atoms with Crippen molar-refractivity contribution >= 4 is 75.7 Å². The van der Waals surface area contributed by atoms with E-state index in [1.54, 1.807) is 65.2 Å². The maximum absolute atomic E-state index is 12.9. The number of aryl methyl sites for hydroxylation is 4. The van der Waals surface area contributed by atoms with Crippen LogP contribution in [0.2, 0.25) is 10.0 Å². The lowest BCUT2D eigenvalue weighted by atomic mass is 10.1. The summed E-state index contributed by atoms with van der Waals surface area (Å²) in [6, 6.07) is 38.1. The maximum Gasteiger partial charge on any atom is 0.341 e. The number of anilines is 2. The third-order valence-corrected chi connectivity index (χ3v) is 12.2. The van der Waals surface area contributed by atoms with E-state index in [4.69, 9.17) is 37.8 Å². The third kappa shape index (κ3) is 23.6. The van der Waals surface area contributed by atoms with Gasteiger partial charge in [0.05, 0.1) is 21.7 Å². The lowest BCUT2D eigenvalue weighted by molar-refractivity contribution is -0.142. The van der Waals surface area contributed by atoms with Gasteiger partial charge in [-0.3, -0.25) is 37.9 Å². The van der Waals surface area contributed by atoms with Gasteiger partial charge >= 0.3 is 17.9 Å². The molecule has 6 aromatic rings. The number of nitrogens with zero attached hydrogens (tertiary/aromatic N) is 2. The molecule has 6 rings (SSSR count). The molecule has 0 fully saturated rings. The van der Waals surface area contributed by atoms with Crippen LogP contribution in [0.5, 0.6) is 0 Å². The minimum Gasteiger partial charge on any atom is -0.480 e. The molecule has 17 nitrogen and oxygen atoms in total. The van der Waals surface area contributed by atoms with E-state index in [0.717, 1.165) is 18.4 Å². The molecule has 1 amide bonds. The number of carbonyl (C=O) groups is 7. The molecule has 2 unspecified atom stereocenters. The highest BCUT2D eigenvalue weighted by molar-refractivity contribution is 6.39. The van der Waals surface area contributed by atoms with Crippen LogP contribution in [-0.2, 0) is 57.7 Å². The van der Waals surface area contributed by atoms with E-state index < -0.39 is 53.9 Å². The second-order valence-electron chi connectivity index (χ2n) is 17.7. The largest absolute Gasteiger partial charge is 0.480 e. The van der Waals surface area contributed by atoms with Crippen LogP contribution in [0.1, 0.15) is 105 Å². The number of carboxylic acid groups (broad SMARTS) is 1. The van der Waals surface area contributed by atoms with Crippen LogP contribution in [0.15, 0.2) is 143 Å². The highest BCUT2D eigenvalue weighted by Gasteiger charge is 2.28. The van der Waals surface area contributed by atoms with E-state index >= 15 is 0 Å². The van der Waals surface area contributed by atoms with Gasteiger partial charge in [-0.05, 0) is 107 Å². The molecule has 2 heterocycles. The van der Waals surface area contributed by atoms with Gasteiger partial charge in [0.2, 0.25) is 5.91 Å². The number of rotatable bonds is 19. The number of amides is 1. The quantitative estimate of drug-likeness (QED) is 0.0552. The number of carbonyl (C=O) groups excluding carboxylic acids is 6. The Kier molecular flexibility index (Phi) is 29.9.